The van der Waals surface area contributed by atoms with Crippen LogP contribution in [0.4, 0.5) is 10.5 Å². The van der Waals surface area contributed by atoms with E-state index in [1.54, 1.807) is 23.1 Å². The van der Waals surface area contributed by atoms with E-state index in [-0.39, 0.29) is 6.03 Å². The summed E-state index contributed by atoms with van der Waals surface area (Å²) in [7, 11) is 0. The molecule has 0 aromatic heterocycles. The quantitative estimate of drug-likeness (QED) is 0.813. The summed E-state index contributed by atoms with van der Waals surface area (Å²) in [6, 6.07) is 4.94. The fourth-order valence-electron chi connectivity index (χ4n) is 1.98. The Morgan fingerprint density at radius 3 is 2.24 bits per heavy atom. The topological polar surface area (TPSA) is 35.6 Å². The van der Waals surface area contributed by atoms with Crippen LogP contribution in [0.15, 0.2) is 18.2 Å². The van der Waals surface area contributed by atoms with Gasteiger partial charge in [0.25, 0.3) is 0 Å². The smallest absolute Gasteiger partial charge is 0.321 e. The summed E-state index contributed by atoms with van der Waals surface area (Å²) in [4.78, 5) is 16.3. The molecule has 1 rings (SSSR count). The monoisotopic (exact) mass is 331 g/mol. The van der Waals surface area contributed by atoms with Gasteiger partial charge in [-0.2, -0.15) is 0 Å². The summed E-state index contributed by atoms with van der Waals surface area (Å²) >= 11 is 11.8. The van der Waals surface area contributed by atoms with E-state index < -0.39 is 0 Å². The molecule has 118 valence electrons. The summed E-state index contributed by atoms with van der Waals surface area (Å²) in [5.74, 6) is 0. The number of amides is 2. The van der Waals surface area contributed by atoms with E-state index in [0.29, 0.717) is 28.8 Å². The molecule has 0 fully saturated rings. The lowest BCUT2D eigenvalue weighted by Gasteiger charge is -2.25. The van der Waals surface area contributed by atoms with E-state index in [4.69, 9.17) is 23.2 Å². The zero-order chi connectivity index (χ0) is 15.8. The summed E-state index contributed by atoms with van der Waals surface area (Å²) in [5, 5.41) is 3.75. The molecule has 0 spiro atoms. The summed E-state index contributed by atoms with van der Waals surface area (Å²) in [6.07, 6.45) is 0. The van der Waals surface area contributed by atoms with Gasteiger partial charge in [0.1, 0.15) is 0 Å². The minimum atomic E-state index is -0.122. The Hall–Kier alpha value is -0.970. The molecule has 0 saturated carbocycles. The number of rotatable bonds is 7. The SMILES string of the molecule is CCN(CC)CCN(CC)C(=O)Nc1ccc(Cl)c(Cl)c1. The molecular weight excluding hydrogens is 309 g/mol. The summed E-state index contributed by atoms with van der Waals surface area (Å²) in [6.45, 7) is 10.4. The Balaban J connectivity index is 2.60. The molecule has 1 N–H and O–H groups in total. The first-order valence-electron chi connectivity index (χ1n) is 7.25. The fourth-order valence-corrected chi connectivity index (χ4v) is 2.28. The molecule has 0 atom stereocenters. The van der Waals surface area contributed by atoms with Crippen LogP contribution in [-0.4, -0.2) is 48.6 Å². The van der Waals surface area contributed by atoms with E-state index in [1.807, 2.05) is 6.92 Å². The van der Waals surface area contributed by atoms with Crippen LogP contribution in [0.1, 0.15) is 20.8 Å². The minimum Gasteiger partial charge on any atom is -0.324 e. The number of benzene rings is 1. The van der Waals surface area contributed by atoms with Crippen LogP contribution in [0.5, 0.6) is 0 Å². The van der Waals surface area contributed by atoms with Gasteiger partial charge in [0.15, 0.2) is 0 Å². The van der Waals surface area contributed by atoms with Crippen molar-refractivity contribution in [3.05, 3.63) is 28.2 Å². The first-order chi connectivity index (χ1) is 10.0. The third-order valence-electron chi connectivity index (χ3n) is 3.42. The van der Waals surface area contributed by atoms with Gasteiger partial charge in [-0.25, -0.2) is 4.79 Å². The highest BCUT2D eigenvalue weighted by Crippen LogP contribution is 2.25. The predicted octanol–water partition coefficient (Wildman–Crippen LogP) is 4.19. The number of nitrogens with zero attached hydrogens (tertiary/aromatic N) is 2. The Kier molecular flexibility index (Phi) is 7.86. The highest BCUT2D eigenvalue weighted by Gasteiger charge is 2.13. The van der Waals surface area contributed by atoms with Gasteiger partial charge in [0.2, 0.25) is 0 Å². The number of carbonyl (C=O) groups is 1. The van der Waals surface area contributed by atoms with Crippen molar-refractivity contribution in [3.8, 4) is 0 Å². The van der Waals surface area contributed by atoms with Gasteiger partial charge in [0.05, 0.1) is 10.0 Å². The lowest BCUT2D eigenvalue weighted by molar-refractivity contribution is 0.200. The van der Waals surface area contributed by atoms with E-state index in [9.17, 15) is 4.79 Å². The zero-order valence-electron chi connectivity index (χ0n) is 12.8. The molecule has 0 radical (unpaired) electrons. The van der Waals surface area contributed by atoms with Crippen molar-refractivity contribution >= 4 is 34.9 Å². The first-order valence-corrected chi connectivity index (χ1v) is 8.00. The molecule has 4 nitrogen and oxygen atoms in total. The van der Waals surface area contributed by atoms with Gasteiger partial charge in [0, 0.05) is 25.3 Å². The fraction of sp³-hybridized carbons (Fsp3) is 0.533. The molecule has 0 aliphatic rings. The molecule has 0 bridgehead atoms. The third-order valence-corrected chi connectivity index (χ3v) is 4.16. The van der Waals surface area contributed by atoms with E-state index in [0.717, 1.165) is 19.6 Å². The Morgan fingerprint density at radius 1 is 1.05 bits per heavy atom. The third kappa shape index (κ3) is 5.73. The highest BCUT2D eigenvalue weighted by molar-refractivity contribution is 6.42. The molecular formula is C15H23Cl2N3O. The van der Waals surface area contributed by atoms with Crippen LogP contribution in [0.2, 0.25) is 10.0 Å². The number of carbonyl (C=O) groups excluding carboxylic acids is 1. The number of anilines is 1. The van der Waals surface area contributed by atoms with Crippen molar-refractivity contribution in [1.29, 1.82) is 0 Å². The Bertz CT molecular complexity index is 464. The summed E-state index contributed by atoms with van der Waals surface area (Å²) in [5.41, 5.74) is 0.649. The normalized spacial score (nSPS) is 10.8. The lowest BCUT2D eigenvalue weighted by atomic mass is 10.3. The second kappa shape index (κ2) is 9.13. The minimum absolute atomic E-state index is 0.122. The number of hydrogen-bond donors (Lipinski definition) is 1. The molecule has 1 aromatic carbocycles. The average Bonchev–Trinajstić information content (AvgIpc) is 2.47. The van der Waals surface area contributed by atoms with Crippen molar-refractivity contribution in [1.82, 2.24) is 9.80 Å². The number of urea groups is 1. The van der Waals surface area contributed by atoms with Crippen LogP contribution in [-0.2, 0) is 0 Å². The van der Waals surface area contributed by atoms with E-state index in [2.05, 4.69) is 24.1 Å². The first kappa shape index (κ1) is 18.1. The van der Waals surface area contributed by atoms with Crippen molar-refractivity contribution in [3.63, 3.8) is 0 Å². The van der Waals surface area contributed by atoms with Crippen molar-refractivity contribution in [2.45, 2.75) is 20.8 Å². The maximum absolute atomic E-state index is 12.2. The number of halogens is 2. The molecule has 21 heavy (non-hydrogen) atoms. The molecule has 0 aliphatic carbocycles. The highest BCUT2D eigenvalue weighted by atomic mass is 35.5. The van der Waals surface area contributed by atoms with Crippen LogP contribution in [0.25, 0.3) is 0 Å². The molecule has 0 unspecified atom stereocenters. The van der Waals surface area contributed by atoms with Gasteiger partial charge in [-0.3, -0.25) is 0 Å². The maximum Gasteiger partial charge on any atom is 0.321 e. The lowest BCUT2D eigenvalue weighted by Crippen LogP contribution is -2.40. The van der Waals surface area contributed by atoms with Gasteiger partial charge >= 0.3 is 6.03 Å². The Labute approximate surface area is 137 Å². The van der Waals surface area contributed by atoms with Crippen molar-refractivity contribution in [2.75, 3.05) is 38.0 Å². The summed E-state index contributed by atoms with van der Waals surface area (Å²) < 4.78 is 0. The van der Waals surface area contributed by atoms with Crippen molar-refractivity contribution in [2.24, 2.45) is 0 Å². The van der Waals surface area contributed by atoms with Crippen LogP contribution >= 0.6 is 23.2 Å². The molecule has 0 aliphatic heterocycles. The second-order valence-corrected chi connectivity index (χ2v) is 5.48. The molecule has 0 heterocycles. The standard InChI is InChI=1S/C15H23Cl2N3O/c1-4-19(5-2)9-10-20(6-3)15(21)18-12-7-8-13(16)14(17)11-12/h7-8,11H,4-6,9-10H2,1-3H3,(H,18,21). The van der Waals surface area contributed by atoms with E-state index in [1.165, 1.54) is 0 Å². The second-order valence-electron chi connectivity index (χ2n) is 4.67. The predicted molar refractivity (Wildman–Crippen MR) is 90.5 cm³/mol. The number of hydrogen-bond acceptors (Lipinski definition) is 2. The van der Waals surface area contributed by atoms with Crippen LogP contribution < -0.4 is 5.32 Å². The van der Waals surface area contributed by atoms with Crippen LogP contribution in [0, 0.1) is 0 Å². The average molecular weight is 332 g/mol. The molecule has 2 amide bonds. The molecule has 6 heteroatoms. The zero-order valence-corrected chi connectivity index (χ0v) is 14.3. The number of likely N-dealkylation sites (N-methyl/N-ethyl adjacent to an activating group) is 2. The molecule has 1 aromatic rings. The maximum atomic E-state index is 12.2. The van der Waals surface area contributed by atoms with Gasteiger partial charge in [-0.1, -0.05) is 37.0 Å². The van der Waals surface area contributed by atoms with Crippen molar-refractivity contribution < 1.29 is 4.79 Å². The van der Waals surface area contributed by atoms with Crippen LogP contribution in [0.3, 0.4) is 0 Å². The van der Waals surface area contributed by atoms with Gasteiger partial charge in [-0.05, 0) is 38.2 Å². The number of nitrogens with one attached hydrogen (secondary N) is 1. The largest absolute Gasteiger partial charge is 0.324 e. The Morgan fingerprint density at radius 2 is 1.71 bits per heavy atom. The van der Waals surface area contributed by atoms with E-state index >= 15 is 0 Å². The van der Waals surface area contributed by atoms with Gasteiger partial charge < -0.3 is 15.1 Å². The van der Waals surface area contributed by atoms with Gasteiger partial charge in [-0.15, -0.1) is 0 Å². The molecule has 0 saturated heterocycles.